The maximum absolute atomic E-state index is 12.8. The van der Waals surface area contributed by atoms with Gasteiger partial charge in [-0.25, -0.2) is 9.78 Å². The van der Waals surface area contributed by atoms with Gasteiger partial charge in [0.15, 0.2) is 17.1 Å². The number of H-pyrrole nitrogens is 1. The van der Waals surface area contributed by atoms with Gasteiger partial charge in [0.1, 0.15) is 0 Å². The van der Waals surface area contributed by atoms with Crippen LogP contribution in [0, 0.1) is 5.92 Å². The van der Waals surface area contributed by atoms with Gasteiger partial charge in [-0.3, -0.25) is 9.59 Å². The molecule has 0 fully saturated rings. The molecule has 10 heteroatoms. The quantitative estimate of drug-likeness (QED) is 0.226. The van der Waals surface area contributed by atoms with E-state index >= 15 is 0 Å². The number of carbonyl (C=O) groups is 3. The SMILES string of the molecule is CNCC(=O)C(CCCN)C(N)(C(=O)O)C(=O)C(N)Cc1cnc[nH]1. The van der Waals surface area contributed by atoms with E-state index < -0.39 is 35.0 Å². The van der Waals surface area contributed by atoms with Crippen molar-refractivity contribution in [2.75, 3.05) is 20.1 Å². The van der Waals surface area contributed by atoms with Crippen molar-refractivity contribution < 1.29 is 19.5 Å². The lowest BCUT2D eigenvalue weighted by atomic mass is 9.73. The van der Waals surface area contributed by atoms with Crippen LogP contribution in [-0.2, 0) is 20.8 Å². The van der Waals surface area contributed by atoms with Gasteiger partial charge in [0.25, 0.3) is 0 Å². The van der Waals surface area contributed by atoms with Gasteiger partial charge in [0.05, 0.1) is 24.8 Å². The lowest BCUT2D eigenvalue weighted by Crippen LogP contribution is -2.67. The topological polar surface area (TPSA) is 190 Å². The highest BCUT2D eigenvalue weighted by molar-refractivity contribution is 6.13. The summed E-state index contributed by atoms with van der Waals surface area (Å²) in [7, 11) is 1.54. The molecule has 0 bridgehead atoms. The van der Waals surface area contributed by atoms with Gasteiger partial charge < -0.3 is 32.6 Å². The summed E-state index contributed by atoms with van der Waals surface area (Å²) in [6.45, 7) is 0.137. The normalized spacial score (nSPS) is 16.0. The van der Waals surface area contributed by atoms with Crippen molar-refractivity contribution in [3.63, 3.8) is 0 Å². The number of hydrogen-bond donors (Lipinski definition) is 6. The van der Waals surface area contributed by atoms with E-state index in [4.69, 9.17) is 17.2 Å². The molecule has 9 N–H and O–H groups in total. The third kappa shape index (κ3) is 4.92. The first-order valence-electron chi connectivity index (χ1n) is 7.95. The summed E-state index contributed by atoms with van der Waals surface area (Å²) < 4.78 is 0. The van der Waals surface area contributed by atoms with Crippen LogP contribution in [0.1, 0.15) is 18.5 Å². The minimum atomic E-state index is -2.41. The highest BCUT2D eigenvalue weighted by Crippen LogP contribution is 2.25. The number of likely N-dealkylation sites (N-methyl/N-ethyl adjacent to an activating group) is 1. The molecule has 0 saturated heterocycles. The number of rotatable bonds is 12. The van der Waals surface area contributed by atoms with E-state index in [2.05, 4.69) is 15.3 Å². The van der Waals surface area contributed by atoms with Crippen LogP contribution in [0.25, 0.3) is 0 Å². The maximum atomic E-state index is 12.8. The number of ketones is 2. The van der Waals surface area contributed by atoms with Crippen LogP contribution in [0.15, 0.2) is 12.5 Å². The maximum Gasteiger partial charge on any atom is 0.332 e. The van der Waals surface area contributed by atoms with Gasteiger partial charge in [-0.1, -0.05) is 0 Å². The van der Waals surface area contributed by atoms with Gasteiger partial charge in [-0.05, 0) is 26.4 Å². The summed E-state index contributed by atoms with van der Waals surface area (Å²) in [5.41, 5.74) is 15.5. The minimum absolute atomic E-state index is 0.0366. The number of nitrogens with two attached hydrogens (primary N) is 3. The number of aromatic nitrogens is 2. The molecule has 0 radical (unpaired) electrons. The number of imidazole rings is 1. The molecule has 0 aromatic carbocycles. The molecule has 3 unspecified atom stereocenters. The second-order valence-electron chi connectivity index (χ2n) is 5.91. The van der Waals surface area contributed by atoms with Crippen molar-refractivity contribution in [3.05, 3.63) is 18.2 Å². The fraction of sp³-hybridized carbons (Fsp3) is 0.600. The molecule has 3 atom stereocenters. The lowest BCUT2D eigenvalue weighted by molar-refractivity contribution is -0.154. The number of nitrogens with one attached hydrogen (secondary N) is 2. The Labute approximate surface area is 145 Å². The van der Waals surface area contributed by atoms with Crippen LogP contribution in [0.3, 0.4) is 0 Å². The zero-order valence-electron chi connectivity index (χ0n) is 14.2. The van der Waals surface area contributed by atoms with Crippen molar-refractivity contribution >= 4 is 17.5 Å². The van der Waals surface area contributed by atoms with E-state index in [0.717, 1.165) is 0 Å². The molecule has 140 valence electrons. The van der Waals surface area contributed by atoms with Crippen molar-refractivity contribution in [3.8, 4) is 0 Å². The molecule has 1 rings (SSSR count). The van der Waals surface area contributed by atoms with E-state index in [9.17, 15) is 19.5 Å². The predicted octanol–water partition coefficient (Wildman–Crippen LogP) is -2.23. The second-order valence-corrected chi connectivity index (χ2v) is 5.91. The van der Waals surface area contributed by atoms with Crippen molar-refractivity contribution in [1.82, 2.24) is 15.3 Å². The number of hydrogen-bond acceptors (Lipinski definition) is 8. The molecule has 0 spiro atoms. The number of carboxylic acid groups (broad SMARTS) is 1. The molecular formula is C15H26N6O4. The standard InChI is InChI=1S/C15H26N6O4/c1-19-7-12(22)10(3-2-4-16)15(18,14(24)25)13(23)11(17)5-9-6-20-8-21-9/h6,8,10-11,19H,2-5,7,16-18H2,1H3,(H,20,21)(H,24,25). The Hall–Kier alpha value is -2.14. The first-order valence-corrected chi connectivity index (χ1v) is 7.95. The molecular weight excluding hydrogens is 328 g/mol. The van der Waals surface area contributed by atoms with E-state index in [-0.39, 0.29) is 25.9 Å². The van der Waals surface area contributed by atoms with Gasteiger partial charge in [-0.2, -0.15) is 0 Å². The summed E-state index contributed by atoms with van der Waals surface area (Å²) in [4.78, 5) is 43.6. The number of aliphatic carboxylic acids is 1. The Kier molecular flexibility index (Phi) is 7.84. The molecule has 0 amide bonds. The van der Waals surface area contributed by atoms with Crippen LogP contribution in [0.2, 0.25) is 0 Å². The van der Waals surface area contributed by atoms with Crippen molar-refractivity contribution in [2.45, 2.75) is 30.8 Å². The molecule has 0 aliphatic rings. The summed E-state index contributed by atoms with van der Waals surface area (Å²) in [5.74, 6) is -4.17. The van der Waals surface area contributed by atoms with Gasteiger partial charge in [0, 0.05) is 18.3 Å². The lowest BCUT2D eigenvalue weighted by Gasteiger charge is -2.33. The third-order valence-corrected chi connectivity index (χ3v) is 4.08. The van der Waals surface area contributed by atoms with Crippen molar-refractivity contribution in [1.29, 1.82) is 0 Å². The summed E-state index contributed by atoms with van der Waals surface area (Å²) >= 11 is 0. The van der Waals surface area contributed by atoms with E-state index in [1.165, 1.54) is 12.5 Å². The van der Waals surface area contributed by atoms with Gasteiger partial charge >= 0.3 is 5.97 Å². The van der Waals surface area contributed by atoms with Crippen LogP contribution in [0.5, 0.6) is 0 Å². The average molecular weight is 354 g/mol. The smallest absolute Gasteiger partial charge is 0.332 e. The number of Topliss-reactive ketones (excluding diaryl/α,β-unsaturated/α-hetero) is 2. The minimum Gasteiger partial charge on any atom is -0.480 e. The third-order valence-electron chi connectivity index (χ3n) is 4.08. The molecule has 1 aromatic rings. The molecule has 0 saturated carbocycles. The number of nitrogens with zero attached hydrogens (tertiary/aromatic N) is 1. The molecule has 0 aliphatic heterocycles. The van der Waals surface area contributed by atoms with Crippen LogP contribution < -0.4 is 22.5 Å². The Morgan fingerprint density at radius 3 is 2.60 bits per heavy atom. The van der Waals surface area contributed by atoms with Crippen LogP contribution in [0.4, 0.5) is 0 Å². The Morgan fingerprint density at radius 1 is 1.44 bits per heavy atom. The highest BCUT2D eigenvalue weighted by Gasteiger charge is 2.52. The molecule has 0 aliphatic carbocycles. The van der Waals surface area contributed by atoms with E-state index in [1.54, 1.807) is 7.05 Å². The zero-order chi connectivity index (χ0) is 19.0. The summed E-state index contributed by atoms with van der Waals surface area (Å²) in [6.07, 6.45) is 3.37. The molecule has 10 nitrogen and oxygen atoms in total. The first-order chi connectivity index (χ1) is 11.8. The monoisotopic (exact) mass is 354 g/mol. The van der Waals surface area contributed by atoms with Crippen molar-refractivity contribution in [2.24, 2.45) is 23.1 Å². The van der Waals surface area contributed by atoms with Gasteiger partial charge in [0.2, 0.25) is 0 Å². The van der Waals surface area contributed by atoms with E-state index in [1.807, 2.05) is 0 Å². The fourth-order valence-corrected chi connectivity index (χ4v) is 2.72. The van der Waals surface area contributed by atoms with E-state index in [0.29, 0.717) is 12.1 Å². The Balaban J connectivity index is 3.13. The average Bonchev–Trinajstić information content (AvgIpc) is 3.07. The number of carboxylic acids is 1. The molecule has 1 heterocycles. The van der Waals surface area contributed by atoms with Crippen LogP contribution >= 0.6 is 0 Å². The number of aromatic amines is 1. The second kappa shape index (κ2) is 9.37. The summed E-state index contributed by atoms with van der Waals surface area (Å²) in [6, 6.07) is -1.19. The summed E-state index contributed by atoms with van der Waals surface area (Å²) in [5, 5.41) is 12.3. The van der Waals surface area contributed by atoms with Gasteiger partial charge in [-0.15, -0.1) is 0 Å². The fourth-order valence-electron chi connectivity index (χ4n) is 2.72. The zero-order valence-corrected chi connectivity index (χ0v) is 14.2. The Bertz CT molecular complexity index is 591. The largest absolute Gasteiger partial charge is 0.480 e. The number of carbonyl (C=O) groups excluding carboxylic acids is 2. The molecule has 25 heavy (non-hydrogen) atoms. The predicted molar refractivity (Wildman–Crippen MR) is 90.5 cm³/mol. The van der Waals surface area contributed by atoms with Crippen LogP contribution in [-0.4, -0.2) is 64.3 Å². The first kappa shape index (κ1) is 20.9. The molecule has 1 aromatic heterocycles. The highest BCUT2D eigenvalue weighted by atomic mass is 16.4. The Morgan fingerprint density at radius 2 is 2.12 bits per heavy atom.